The summed E-state index contributed by atoms with van der Waals surface area (Å²) in [4.78, 5) is 23.2. The zero-order chi connectivity index (χ0) is 13.1. The third-order valence-corrected chi connectivity index (χ3v) is 4.24. The van der Waals surface area contributed by atoms with Gasteiger partial charge >= 0.3 is 5.97 Å². The Morgan fingerprint density at radius 2 is 2.06 bits per heavy atom. The molecule has 0 aromatic heterocycles. The number of amides is 1. The van der Waals surface area contributed by atoms with Gasteiger partial charge in [-0.15, -0.1) is 0 Å². The maximum Gasteiger partial charge on any atom is 0.329 e. The average Bonchev–Trinajstić information content (AvgIpc) is 2.14. The molecule has 98 valence electrons. The van der Waals surface area contributed by atoms with Gasteiger partial charge in [-0.3, -0.25) is 4.79 Å². The van der Waals surface area contributed by atoms with Crippen LogP contribution in [0.5, 0.6) is 0 Å². The minimum atomic E-state index is -3.06. The highest BCUT2D eigenvalue weighted by molar-refractivity contribution is 7.91. The first kappa shape index (κ1) is 13.9. The van der Waals surface area contributed by atoms with Gasteiger partial charge in [0.15, 0.2) is 9.84 Å². The highest BCUT2D eigenvalue weighted by atomic mass is 32.2. The standard InChI is InChI=1S/C9H15NO6S/c1-7-6-17(14,15)3-2-10(7)8(11)4-16-5-9(12)13/h7H,2-6H2,1H3,(H,12,13). The second kappa shape index (κ2) is 5.46. The molecule has 0 saturated carbocycles. The molecule has 17 heavy (non-hydrogen) atoms. The fourth-order valence-electron chi connectivity index (χ4n) is 1.68. The zero-order valence-corrected chi connectivity index (χ0v) is 10.3. The van der Waals surface area contributed by atoms with E-state index in [1.807, 2.05) is 0 Å². The summed E-state index contributed by atoms with van der Waals surface area (Å²) in [6, 6.07) is -0.394. The fraction of sp³-hybridized carbons (Fsp3) is 0.778. The SMILES string of the molecule is CC1CS(=O)(=O)CCN1C(=O)COCC(=O)O. The van der Waals surface area contributed by atoms with Gasteiger partial charge in [0.25, 0.3) is 0 Å². The van der Waals surface area contributed by atoms with E-state index >= 15 is 0 Å². The van der Waals surface area contributed by atoms with E-state index in [0.717, 1.165) is 0 Å². The number of nitrogens with zero attached hydrogens (tertiary/aromatic N) is 1. The van der Waals surface area contributed by atoms with Crippen molar-refractivity contribution in [1.82, 2.24) is 4.90 Å². The molecule has 0 bridgehead atoms. The van der Waals surface area contributed by atoms with Gasteiger partial charge in [0.2, 0.25) is 5.91 Å². The summed E-state index contributed by atoms with van der Waals surface area (Å²) in [6.45, 7) is 0.910. The fourth-order valence-corrected chi connectivity index (χ4v) is 3.23. The predicted octanol–water partition coefficient (Wildman–Crippen LogP) is -1.27. The summed E-state index contributed by atoms with van der Waals surface area (Å²) in [5.74, 6) is -1.64. The Hall–Kier alpha value is -1.15. The van der Waals surface area contributed by atoms with Crippen LogP contribution in [0.1, 0.15) is 6.92 Å². The number of carbonyl (C=O) groups is 2. The smallest absolute Gasteiger partial charge is 0.329 e. The maximum absolute atomic E-state index is 11.6. The lowest BCUT2D eigenvalue weighted by atomic mass is 10.3. The number of carboxylic acid groups (broad SMARTS) is 1. The van der Waals surface area contributed by atoms with Crippen LogP contribution in [-0.2, 0) is 24.2 Å². The second-order valence-corrected chi connectivity index (χ2v) is 6.17. The number of hydrogen-bond acceptors (Lipinski definition) is 5. The molecule has 1 amide bonds. The summed E-state index contributed by atoms with van der Waals surface area (Å²) in [5.41, 5.74) is 0. The quantitative estimate of drug-likeness (QED) is 0.680. The van der Waals surface area contributed by atoms with Crippen LogP contribution in [0.3, 0.4) is 0 Å². The van der Waals surface area contributed by atoms with Crippen LogP contribution in [0, 0.1) is 0 Å². The van der Waals surface area contributed by atoms with E-state index < -0.39 is 28.5 Å². The Kier molecular flexibility index (Phi) is 4.47. The topological polar surface area (TPSA) is 101 Å². The van der Waals surface area contributed by atoms with E-state index in [-0.39, 0.29) is 30.6 Å². The van der Waals surface area contributed by atoms with E-state index in [2.05, 4.69) is 4.74 Å². The third-order valence-electron chi connectivity index (χ3n) is 2.44. The number of sulfone groups is 1. The molecule has 1 heterocycles. The highest BCUT2D eigenvalue weighted by Crippen LogP contribution is 2.11. The monoisotopic (exact) mass is 265 g/mol. The van der Waals surface area contributed by atoms with Crippen molar-refractivity contribution < 1.29 is 27.9 Å². The molecule has 8 heteroatoms. The molecule has 0 aromatic rings. The Morgan fingerprint density at radius 1 is 1.41 bits per heavy atom. The largest absolute Gasteiger partial charge is 0.480 e. The van der Waals surface area contributed by atoms with Crippen molar-refractivity contribution >= 4 is 21.7 Å². The van der Waals surface area contributed by atoms with Crippen molar-refractivity contribution in [2.24, 2.45) is 0 Å². The zero-order valence-electron chi connectivity index (χ0n) is 9.46. The van der Waals surface area contributed by atoms with Crippen molar-refractivity contribution in [2.45, 2.75) is 13.0 Å². The Labute approximate surface area is 99.3 Å². The molecule has 1 aliphatic rings. The van der Waals surface area contributed by atoms with Crippen LogP contribution in [0.25, 0.3) is 0 Å². The summed E-state index contributed by atoms with van der Waals surface area (Å²) in [5, 5.41) is 8.33. The van der Waals surface area contributed by atoms with Crippen LogP contribution >= 0.6 is 0 Å². The summed E-state index contributed by atoms with van der Waals surface area (Å²) in [7, 11) is -3.06. The Bertz CT molecular complexity index is 404. The number of rotatable bonds is 4. The summed E-state index contributed by atoms with van der Waals surface area (Å²) < 4.78 is 27.2. The first-order valence-electron chi connectivity index (χ1n) is 5.11. The number of carboxylic acids is 1. The molecule has 1 atom stereocenters. The van der Waals surface area contributed by atoms with Crippen molar-refractivity contribution in [1.29, 1.82) is 0 Å². The van der Waals surface area contributed by atoms with Gasteiger partial charge in [-0.25, -0.2) is 13.2 Å². The lowest BCUT2D eigenvalue weighted by Crippen LogP contribution is -2.50. The molecule has 0 radical (unpaired) electrons. The van der Waals surface area contributed by atoms with E-state index in [0.29, 0.717) is 0 Å². The van der Waals surface area contributed by atoms with Crippen molar-refractivity contribution in [2.75, 3.05) is 31.3 Å². The minimum Gasteiger partial charge on any atom is -0.480 e. The molecule has 0 aliphatic carbocycles. The molecule has 1 fully saturated rings. The van der Waals surface area contributed by atoms with E-state index in [1.165, 1.54) is 4.90 Å². The summed E-state index contributed by atoms with van der Waals surface area (Å²) in [6.07, 6.45) is 0. The van der Waals surface area contributed by atoms with Crippen LogP contribution in [0.4, 0.5) is 0 Å². The number of hydrogen-bond donors (Lipinski definition) is 1. The van der Waals surface area contributed by atoms with Gasteiger partial charge in [0, 0.05) is 12.6 Å². The van der Waals surface area contributed by atoms with E-state index in [1.54, 1.807) is 6.92 Å². The van der Waals surface area contributed by atoms with Crippen LogP contribution < -0.4 is 0 Å². The molecular weight excluding hydrogens is 250 g/mol. The van der Waals surface area contributed by atoms with Crippen LogP contribution in [0.2, 0.25) is 0 Å². The first-order valence-corrected chi connectivity index (χ1v) is 6.93. The van der Waals surface area contributed by atoms with E-state index in [9.17, 15) is 18.0 Å². The molecular formula is C9H15NO6S. The molecule has 1 aliphatic heterocycles. The van der Waals surface area contributed by atoms with Gasteiger partial charge in [0.05, 0.1) is 11.5 Å². The van der Waals surface area contributed by atoms with Gasteiger partial charge in [-0.2, -0.15) is 0 Å². The normalized spacial score (nSPS) is 23.4. The Morgan fingerprint density at radius 3 is 2.59 bits per heavy atom. The lowest BCUT2D eigenvalue weighted by molar-refractivity contribution is -0.146. The maximum atomic E-state index is 11.6. The van der Waals surface area contributed by atoms with Crippen molar-refractivity contribution in [3.63, 3.8) is 0 Å². The third kappa shape index (κ3) is 4.31. The van der Waals surface area contributed by atoms with Crippen LogP contribution in [0.15, 0.2) is 0 Å². The highest BCUT2D eigenvalue weighted by Gasteiger charge is 2.30. The Balaban J connectivity index is 2.45. The predicted molar refractivity (Wildman–Crippen MR) is 58.3 cm³/mol. The molecule has 7 nitrogen and oxygen atoms in total. The van der Waals surface area contributed by atoms with Gasteiger partial charge < -0.3 is 14.7 Å². The number of aliphatic carboxylic acids is 1. The van der Waals surface area contributed by atoms with E-state index in [4.69, 9.17) is 5.11 Å². The van der Waals surface area contributed by atoms with Crippen LogP contribution in [-0.4, -0.2) is 67.6 Å². The lowest BCUT2D eigenvalue weighted by Gasteiger charge is -2.33. The number of ether oxygens (including phenoxy) is 1. The molecule has 1 rings (SSSR count). The van der Waals surface area contributed by atoms with Gasteiger partial charge in [0.1, 0.15) is 13.2 Å². The molecule has 1 N–H and O–H groups in total. The first-order chi connectivity index (χ1) is 7.82. The molecule has 0 aromatic carbocycles. The molecule has 0 spiro atoms. The van der Waals surface area contributed by atoms with Crippen molar-refractivity contribution in [3.05, 3.63) is 0 Å². The summed E-state index contributed by atoms with van der Waals surface area (Å²) >= 11 is 0. The molecule has 1 saturated heterocycles. The molecule has 1 unspecified atom stereocenters. The van der Waals surface area contributed by atoms with Gasteiger partial charge in [-0.1, -0.05) is 0 Å². The minimum absolute atomic E-state index is 0.0536. The average molecular weight is 265 g/mol. The second-order valence-electron chi connectivity index (χ2n) is 3.94. The van der Waals surface area contributed by atoms with Crippen molar-refractivity contribution in [3.8, 4) is 0 Å². The number of carbonyl (C=O) groups excluding carboxylic acids is 1. The van der Waals surface area contributed by atoms with Gasteiger partial charge in [-0.05, 0) is 6.92 Å².